The number of thiazole rings is 1. The Morgan fingerprint density at radius 3 is 2.92 bits per heavy atom. The minimum Gasteiger partial charge on any atom is -0.351 e. The van der Waals surface area contributed by atoms with E-state index in [1.165, 1.54) is 11.3 Å². The molecule has 1 aromatic carbocycles. The molecule has 3 heterocycles. The standard InChI is InChI=1S/C17H15N5O2S/c1-12-11-14(24-20-12)16(23)22(10-9-21-8-4-7-18-21)17-19-13-5-2-3-6-15(13)25-17/h2-8,11H,9-10H2,1H3. The molecule has 3 aromatic heterocycles. The first-order valence-corrected chi connectivity index (χ1v) is 8.60. The quantitative estimate of drug-likeness (QED) is 0.551. The van der Waals surface area contributed by atoms with Gasteiger partial charge in [-0.05, 0) is 25.1 Å². The molecule has 126 valence electrons. The minimum absolute atomic E-state index is 0.206. The zero-order valence-corrected chi connectivity index (χ0v) is 14.3. The smallest absolute Gasteiger partial charge is 0.298 e. The Morgan fingerprint density at radius 2 is 2.20 bits per heavy atom. The van der Waals surface area contributed by atoms with Crippen molar-refractivity contribution in [2.45, 2.75) is 13.5 Å². The highest BCUT2D eigenvalue weighted by molar-refractivity contribution is 7.22. The molecule has 0 saturated carbocycles. The van der Waals surface area contributed by atoms with Gasteiger partial charge in [-0.1, -0.05) is 28.6 Å². The van der Waals surface area contributed by atoms with Crippen molar-refractivity contribution >= 4 is 32.6 Å². The number of fused-ring (bicyclic) bond motifs is 1. The van der Waals surface area contributed by atoms with E-state index in [1.807, 2.05) is 36.5 Å². The Bertz CT molecular complexity index is 972. The highest BCUT2D eigenvalue weighted by Gasteiger charge is 2.24. The fourth-order valence-corrected chi connectivity index (χ4v) is 3.48. The summed E-state index contributed by atoms with van der Waals surface area (Å²) in [5, 5.41) is 8.63. The minimum atomic E-state index is -0.258. The number of para-hydroxylation sites is 1. The molecule has 1 amide bonds. The molecular weight excluding hydrogens is 338 g/mol. The monoisotopic (exact) mass is 353 g/mol. The van der Waals surface area contributed by atoms with E-state index in [4.69, 9.17) is 4.52 Å². The van der Waals surface area contributed by atoms with E-state index in [0.29, 0.717) is 23.9 Å². The van der Waals surface area contributed by atoms with Gasteiger partial charge in [0.05, 0.1) is 22.5 Å². The van der Waals surface area contributed by atoms with Gasteiger partial charge in [-0.25, -0.2) is 4.98 Å². The summed E-state index contributed by atoms with van der Waals surface area (Å²) in [6, 6.07) is 11.3. The van der Waals surface area contributed by atoms with Gasteiger partial charge in [-0.15, -0.1) is 0 Å². The molecule has 0 fully saturated rings. The van der Waals surface area contributed by atoms with Gasteiger partial charge in [0.1, 0.15) is 0 Å². The number of aromatic nitrogens is 4. The molecule has 0 spiro atoms. The highest BCUT2D eigenvalue weighted by atomic mass is 32.1. The maximum Gasteiger partial charge on any atom is 0.298 e. The summed E-state index contributed by atoms with van der Waals surface area (Å²) in [5.41, 5.74) is 1.54. The number of benzene rings is 1. The topological polar surface area (TPSA) is 77.0 Å². The van der Waals surface area contributed by atoms with Crippen LogP contribution >= 0.6 is 11.3 Å². The molecule has 0 bridgehead atoms. The third-order valence-electron chi connectivity index (χ3n) is 3.71. The molecule has 0 aliphatic heterocycles. The van der Waals surface area contributed by atoms with Crippen molar-refractivity contribution in [3.8, 4) is 0 Å². The number of rotatable bonds is 5. The maximum absolute atomic E-state index is 12.9. The van der Waals surface area contributed by atoms with Crippen LogP contribution in [0.3, 0.4) is 0 Å². The number of amides is 1. The number of hydrogen-bond acceptors (Lipinski definition) is 6. The van der Waals surface area contributed by atoms with Gasteiger partial charge in [0.15, 0.2) is 5.13 Å². The largest absolute Gasteiger partial charge is 0.351 e. The van der Waals surface area contributed by atoms with Crippen LogP contribution in [-0.4, -0.2) is 32.4 Å². The lowest BCUT2D eigenvalue weighted by atomic mass is 10.3. The zero-order valence-electron chi connectivity index (χ0n) is 13.5. The maximum atomic E-state index is 12.9. The number of nitrogens with zero attached hydrogens (tertiary/aromatic N) is 5. The summed E-state index contributed by atoms with van der Waals surface area (Å²) in [4.78, 5) is 19.1. The van der Waals surface area contributed by atoms with E-state index < -0.39 is 0 Å². The van der Waals surface area contributed by atoms with Crippen LogP contribution in [0.1, 0.15) is 16.2 Å². The van der Waals surface area contributed by atoms with Gasteiger partial charge in [0, 0.05) is 25.0 Å². The van der Waals surface area contributed by atoms with Gasteiger partial charge in [0.25, 0.3) is 5.91 Å². The Labute approximate surface area is 147 Å². The van der Waals surface area contributed by atoms with Gasteiger partial charge < -0.3 is 4.52 Å². The first-order valence-electron chi connectivity index (χ1n) is 7.79. The Kier molecular flexibility index (Phi) is 4.02. The SMILES string of the molecule is Cc1cc(C(=O)N(CCn2cccn2)c2nc3ccccc3s2)on1. The zero-order chi connectivity index (χ0) is 17.2. The predicted molar refractivity (Wildman–Crippen MR) is 94.8 cm³/mol. The van der Waals surface area contributed by atoms with Crippen molar-refractivity contribution in [2.75, 3.05) is 11.4 Å². The van der Waals surface area contributed by atoms with Crippen LogP contribution in [0.4, 0.5) is 5.13 Å². The summed E-state index contributed by atoms with van der Waals surface area (Å²) in [7, 11) is 0. The van der Waals surface area contributed by atoms with Crippen LogP contribution in [0.25, 0.3) is 10.2 Å². The van der Waals surface area contributed by atoms with Crippen molar-refractivity contribution in [1.29, 1.82) is 0 Å². The summed E-state index contributed by atoms with van der Waals surface area (Å²) in [6.07, 6.45) is 3.57. The summed E-state index contributed by atoms with van der Waals surface area (Å²) in [5.74, 6) is -0.0518. The first-order chi connectivity index (χ1) is 12.2. The third kappa shape index (κ3) is 3.16. The van der Waals surface area contributed by atoms with Crippen LogP contribution < -0.4 is 4.90 Å². The van der Waals surface area contributed by atoms with E-state index >= 15 is 0 Å². The van der Waals surface area contributed by atoms with E-state index in [2.05, 4.69) is 15.2 Å². The number of anilines is 1. The number of hydrogen-bond donors (Lipinski definition) is 0. The van der Waals surface area contributed by atoms with Crippen molar-refractivity contribution in [1.82, 2.24) is 19.9 Å². The molecule has 0 unspecified atom stereocenters. The average Bonchev–Trinajstić information content (AvgIpc) is 3.34. The molecule has 0 N–H and O–H groups in total. The van der Waals surface area contributed by atoms with E-state index in [1.54, 1.807) is 28.8 Å². The van der Waals surface area contributed by atoms with Crippen LogP contribution in [0, 0.1) is 6.92 Å². The molecule has 7 nitrogen and oxygen atoms in total. The van der Waals surface area contributed by atoms with Crippen LogP contribution in [-0.2, 0) is 6.54 Å². The van der Waals surface area contributed by atoms with Crippen molar-refractivity contribution < 1.29 is 9.32 Å². The first kappa shape index (κ1) is 15.5. The number of carbonyl (C=O) groups excluding carboxylic acids is 1. The Hall–Kier alpha value is -3.00. The van der Waals surface area contributed by atoms with Gasteiger partial charge in [0.2, 0.25) is 5.76 Å². The third-order valence-corrected chi connectivity index (χ3v) is 4.77. The second-order valence-electron chi connectivity index (χ2n) is 5.52. The molecule has 0 aliphatic rings. The van der Waals surface area contributed by atoms with Crippen LogP contribution in [0.5, 0.6) is 0 Å². The van der Waals surface area contributed by atoms with Crippen molar-refractivity contribution in [3.05, 3.63) is 60.2 Å². The average molecular weight is 353 g/mol. The fourth-order valence-electron chi connectivity index (χ4n) is 2.49. The summed E-state index contributed by atoms with van der Waals surface area (Å²) < 4.78 is 7.96. The highest BCUT2D eigenvalue weighted by Crippen LogP contribution is 2.29. The molecule has 8 heteroatoms. The van der Waals surface area contributed by atoms with Gasteiger partial charge in [-0.3, -0.25) is 14.4 Å². The second kappa shape index (κ2) is 6.48. The molecule has 4 aromatic rings. The summed E-state index contributed by atoms with van der Waals surface area (Å²) >= 11 is 1.47. The number of carbonyl (C=O) groups is 1. The molecular formula is C17H15N5O2S. The summed E-state index contributed by atoms with van der Waals surface area (Å²) in [6.45, 7) is 2.77. The van der Waals surface area contributed by atoms with Gasteiger partial charge >= 0.3 is 0 Å². The van der Waals surface area contributed by atoms with E-state index in [9.17, 15) is 4.79 Å². The molecule has 0 radical (unpaired) electrons. The lowest BCUT2D eigenvalue weighted by Gasteiger charge is -2.18. The fraction of sp³-hybridized carbons (Fsp3) is 0.176. The van der Waals surface area contributed by atoms with E-state index in [-0.39, 0.29) is 11.7 Å². The predicted octanol–water partition coefficient (Wildman–Crippen LogP) is 3.14. The van der Waals surface area contributed by atoms with Crippen LogP contribution in [0.15, 0.2) is 53.3 Å². The lowest BCUT2D eigenvalue weighted by Crippen LogP contribution is -2.33. The Morgan fingerprint density at radius 1 is 1.32 bits per heavy atom. The Balaban J connectivity index is 1.67. The van der Waals surface area contributed by atoms with Crippen molar-refractivity contribution in [3.63, 3.8) is 0 Å². The van der Waals surface area contributed by atoms with Gasteiger partial charge in [-0.2, -0.15) is 5.10 Å². The normalized spacial score (nSPS) is 11.1. The van der Waals surface area contributed by atoms with Crippen LogP contribution in [0.2, 0.25) is 0 Å². The number of aryl methyl sites for hydroxylation is 1. The van der Waals surface area contributed by atoms with Crippen molar-refractivity contribution in [2.24, 2.45) is 0 Å². The molecule has 25 heavy (non-hydrogen) atoms. The molecule has 0 atom stereocenters. The lowest BCUT2D eigenvalue weighted by molar-refractivity contribution is 0.0950. The molecule has 0 saturated heterocycles. The molecule has 4 rings (SSSR count). The molecule has 0 aliphatic carbocycles. The van der Waals surface area contributed by atoms with E-state index in [0.717, 1.165) is 10.2 Å². The second-order valence-corrected chi connectivity index (χ2v) is 6.53.